The lowest BCUT2D eigenvalue weighted by Crippen LogP contribution is -2.25. The van der Waals surface area contributed by atoms with Crippen molar-refractivity contribution in [2.75, 3.05) is 14.2 Å². The number of rotatable bonds is 6. The highest BCUT2D eigenvalue weighted by molar-refractivity contribution is 9.10. The molecular weight excluding hydrogens is 370 g/mol. The van der Waals surface area contributed by atoms with E-state index in [0.717, 1.165) is 26.7 Å². The Kier molecular flexibility index (Phi) is 6.26. The standard InChI is InChI=1S/C19H22BrNO3/c1-12-5-6-13(2)14(7-12)9-19(22)21-11-15-8-17(23-3)18(24-4)10-16(15)20/h5-8,10H,9,11H2,1-4H3,(H,21,22). The number of aryl methyl sites for hydroxylation is 2. The van der Waals surface area contributed by atoms with Gasteiger partial charge in [-0.2, -0.15) is 0 Å². The lowest BCUT2D eigenvalue weighted by atomic mass is 10.0. The minimum atomic E-state index is -0.00890. The van der Waals surface area contributed by atoms with E-state index < -0.39 is 0 Å². The summed E-state index contributed by atoms with van der Waals surface area (Å²) in [5, 5.41) is 2.96. The van der Waals surface area contributed by atoms with E-state index in [2.05, 4.69) is 33.4 Å². The Bertz CT molecular complexity index is 744. The molecule has 2 aromatic rings. The predicted molar refractivity (Wildman–Crippen MR) is 98.7 cm³/mol. The van der Waals surface area contributed by atoms with Crippen LogP contribution >= 0.6 is 15.9 Å². The van der Waals surface area contributed by atoms with Crippen molar-refractivity contribution in [2.24, 2.45) is 0 Å². The van der Waals surface area contributed by atoms with Crippen LogP contribution < -0.4 is 14.8 Å². The van der Waals surface area contributed by atoms with Crippen LogP contribution in [0.2, 0.25) is 0 Å². The van der Waals surface area contributed by atoms with E-state index >= 15 is 0 Å². The number of hydrogen-bond acceptors (Lipinski definition) is 3. The molecule has 0 saturated heterocycles. The van der Waals surface area contributed by atoms with Crippen LogP contribution in [0.4, 0.5) is 0 Å². The number of halogens is 1. The Morgan fingerprint density at radius 3 is 2.38 bits per heavy atom. The number of amides is 1. The van der Waals surface area contributed by atoms with Crippen molar-refractivity contribution in [3.63, 3.8) is 0 Å². The first kappa shape index (κ1) is 18.3. The van der Waals surface area contributed by atoms with Crippen molar-refractivity contribution in [3.05, 3.63) is 57.1 Å². The van der Waals surface area contributed by atoms with Crippen molar-refractivity contribution in [3.8, 4) is 11.5 Å². The van der Waals surface area contributed by atoms with Gasteiger partial charge < -0.3 is 14.8 Å². The lowest BCUT2D eigenvalue weighted by Gasteiger charge is -2.13. The second kappa shape index (κ2) is 8.20. The SMILES string of the molecule is COc1cc(Br)c(CNC(=O)Cc2cc(C)ccc2C)cc1OC. The number of nitrogens with one attached hydrogen (secondary N) is 1. The molecule has 0 aliphatic rings. The topological polar surface area (TPSA) is 47.6 Å². The summed E-state index contributed by atoms with van der Waals surface area (Å²) in [7, 11) is 3.19. The van der Waals surface area contributed by atoms with E-state index in [9.17, 15) is 4.79 Å². The van der Waals surface area contributed by atoms with Crippen molar-refractivity contribution in [1.29, 1.82) is 0 Å². The fraction of sp³-hybridized carbons (Fsp3) is 0.316. The molecule has 0 aromatic heterocycles. The first-order chi connectivity index (χ1) is 11.4. The molecule has 0 aliphatic carbocycles. The number of methoxy groups -OCH3 is 2. The molecule has 2 aromatic carbocycles. The molecule has 2 rings (SSSR count). The van der Waals surface area contributed by atoms with Crippen molar-refractivity contribution in [2.45, 2.75) is 26.8 Å². The molecule has 1 amide bonds. The van der Waals surface area contributed by atoms with Gasteiger partial charge >= 0.3 is 0 Å². The summed E-state index contributed by atoms with van der Waals surface area (Å²) in [5.74, 6) is 1.28. The largest absolute Gasteiger partial charge is 0.493 e. The first-order valence-corrected chi connectivity index (χ1v) is 8.47. The highest BCUT2D eigenvalue weighted by atomic mass is 79.9. The van der Waals surface area contributed by atoms with Crippen LogP contribution in [0.3, 0.4) is 0 Å². The Labute approximate surface area is 151 Å². The quantitative estimate of drug-likeness (QED) is 0.810. The third-order valence-corrected chi connectivity index (χ3v) is 4.62. The lowest BCUT2D eigenvalue weighted by molar-refractivity contribution is -0.120. The molecule has 128 valence electrons. The monoisotopic (exact) mass is 391 g/mol. The van der Waals surface area contributed by atoms with Gasteiger partial charge in [0.25, 0.3) is 0 Å². The van der Waals surface area contributed by atoms with E-state index in [1.54, 1.807) is 14.2 Å². The summed E-state index contributed by atoms with van der Waals surface area (Å²) < 4.78 is 11.4. The smallest absolute Gasteiger partial charge is 0.224 e. The van der Waals surface area contributed by atoms with Gasteiger partial charge in [0.15, 0.2) is 11.5 Å². The van der Waals surface area contributed by atoms with Crippen molar-refractivity contribution < 1.29 is 14.3 Å². The number of carbonyl (C=O) groups excluding carboxylic acids is 1. The van der Waals surface area contributed by atoms with Gasteiger partial charge in [0, 0.05) is 11.0 Å². The molecule has 0 bridgehead atoms. The number of hydrogen-bond donors (Lipinski definition) is 1. The van der Waals surface area contributed by atoms with Crippen LogP contribution in [-0.4, -0.2) is 20.1 Å². The van der Waals surface area contributed by atoms with Gasteiger partial charge in [0.2, 0.25) is 5.91 Å². The maximum atomic E-state index is 12.3. The zero-order valence-corrected chi connectivity index (χ0v) is 16.0. The molecule has 0 saturated carbocycles. The minimum absolute atomic E-state index is 0.00890. The minimum Gasteiger partial charge on any atom is -0.493 e. The van der Waals surface area contributed by atoms with Crippen LogP contribution in [0.25, 0.3) is 0 Å². The third-order valence-electron chi connectivity index (χ3n) is 3.88. The average molecular weight is 392 g/mol. The van der Waals surface area contributed by atoms with Gasteiger partial charge in [-0.05, 0) is 42.7 Å². The Balaban J connectivity index is 2.05. The number of benzene rings is 2. The Morgan fingerprint density at radius 1 is 1.04 bits per heavy atom. The molecule has 0 spiro atoms. The van der Waals surface area contributed by atoms with Gasteiger partial charge in [0.05, 0.1) is 20.6 Å². The molecule has 0 atom stereocenters. The van der Waals surface area contributed by atoms with Crippen LogP contribution in [0.1, 0.15) is 22.3 Å². The molecule has 0 heterocycles. The van der Waals surface area contributed by atoms with Gasteiger partial charge in [-0.25, -0.2) is 0 Å². The molecule has 5 heteroatoms. The second-order valence-corrected chi connectivity index (χ2v) is 6.54. The molecule has 0 radical (unpaired) electrons. The highest BCUT2D eigenvalue weighted by Crippen LogP contribution is 2.33. The summed E-state index contributed by atoms with van der Waals surface area (Å²) in [5.41, 5.74) is 4.27. The maximum absolute atomic E-state index is 12.3. The van der Waals surface area contributed by atoms with Gasteiger partial charge in [-0.1, -0.05) is 39.7 Å². The van der Waals surface area contributed by atoms with Crippen LogP contribution in [0.15, 0.2) is 34.8 Å². The normalized spacial score (nSPS) is 10.4. The fourth-order valence-electron chi connectivity index (χ4n) is 2.45. The second-order valence-electron chi connectivity index (χ2n) is 5.68. The van der Waals surface area contributed by atoms with Gasteiger partial charge in [-0.15, -0.1) is 0 Å². The van der Waals surface area contributed by atoms with E-state index in [-0.39, 0.29) is 5.91 Å². The Morgan fingerprint density at radius 2 is 1.71 bits per heavy atom. The molecule has 0 aliphatic heterocycles. The van der Waals surface area contributed by atoms with E-state index in [1.807, 2.05) is 32.0 Å². The van der Waals surface area contributed by atoms with Gasteiger partial charge in [-0.3, -0.25) is 4.79 Å². The van der Waals surface area contributed by atoms with Gasteiger partial charge in [0.1, 0.15) is 0 Å². The Hall–Kier alpha value is -2.01. The van der Waals surface area contributed by atoms with E-state index in [0.29, 0.717) is 24.5 Å². The molecular formula is C19H22BrNO3. The molecule has 0 fully saturated rings. The summed E-state index contributed by atoms with van der Waals surface area (Å²) in [6.07, 6.45) is 0.373. The fourth-order valence-corrected chi connectivity index (χ4v) is 2.91. The van der Waals surface area contributed by atoms with Crippen molar-refractivity contribution in [1.82, 2.24) is 5.32 Å². The van der Waals surface area contributed by atoms with Crippen LogP contribution in [-0.2, 0) is 17.8 Å². The van der Waals surface area contributed by atoms with Crippen molar-refractivity contribution >= 4 is 21.8 Å². The average Bonchev–Trinajstić information content (AvgIpc) is 2.56. The first-order valence-electron chi connectivity index (χ1n) is 7.67. The number of carbonyl (C=O) groups is 1. The summed E-state index contributed by atoms with van der Waals surface area (Å²) in [6.45, 7) is 4.47. The zero-order chi connectivity index (χ0) is 17.7. The molecule has 4 nitrogen and oxygen atoms in total. The zero-order valence-electron chi connectivity index (χ0n) is 14.4. The maximum Gasteiger partial charge on any atom is 0.224 e. The van der Waals surface area contributed by atoms with E-state index in [1.165, 1.54) is 0 Å². The molecule has 24 heavy (non-hydrogen) atoms. The number of ether oxygens (including phenoxy) is 2. The molecule has 0 unspecified atom stereocenters. The summed E-state index contributed by atoms with van der Waals surface area (Å²) in [6, 6.07) is 9.85. The predicted octanol–water partition coefficient (Wildman–Crippen LogP) is 3.94. The van der Waals surface area contributed by atoms with Crippen LogP contribution in [0, 0.1) is 13.8 Å². The third kappa shape index (κ3) is 4.51. The summed E-state index contributed by atoms with van der Waals surface area (Å²) in [4.78, 5) is 12.3. The van der Waals surface area contributed by atoms with E-state index in [4.69, 9.17) is 9.47 Å². The highest BCUT2D eigenvalue weighted by Gasteiger charge is 2.11. The van der Waals surface area contributed by atoms with Crippen LogP contribution in [0.5, 0.6) is 11.5 Å². The molecule has 1 N–H and O–H groups in total. The summed E-state index contributed by atoms with van der Waals surface area (Å²) >= 11 is 3.50.